The van der Waals surface area contributed by atoms with E-state index in [1.807, 2.05) is 31.2 Å². The Morgan fingerprint density at radius 1 is 1.28 bits per heavy atom. The molecule has 1 aromatic carbocycles. The van der Waals surface area contributed by atoms with Crippen molar-refractivity contribution in [1.82, 2.24) is 4.98 Å². The van der Waals surface area contributed by atoms with E-state index in [1.165, 1.54) is 0 Å². The summed E-state index contributed by atoms with van der Waals surface area (Å²) in [5.74, 6) is 0.460. The van der Waals surface area contributed by atoms with Crippen LogP contribution in [0.2, 0.25) is 5.02 Å². The zero-order valence-corrected chi connectivity index (χ0v) is 10.6. The maximum atomic E-state index is 8.85. The van der Waals surface area contributed by atoms with E-state index >= 15 is 0 Å². The number of pyridine rings is 1. The molecule has 0 bridgehead atoms. The third-order valence-electron chi connectivity index (χ3n) is 2.36. The molecule has 4 heteroatoms. The van der Waals surface area contributed by atoms with E-state index in [9.17, 15) is 0 Å². The molecule has 90 valence electrons. The number of hydrogen-bond acceptors (Lipinski definition) is 3. The van der Waals surface area contributed by atoms with Gasteiger partial charge in [-0.2, -0.15) is 5.26 Å². The van der Waals surface area contributed by atoms with Crippen LogP contribution in [0.4, 0.5) is 0 Å². The molecule has 0 saturated carbocycles. The van der Waals surface area contributed by atoms with E-state index in [4.69, 9.17) is 21.6 Å². The van der Waals surface area contributed by atoms with Gasteiger partial charge >= 0.3 is 0 Å². The second-order valence-electron chi connectivity index (χ2n) is 3.86. The first-order valence-corrected chi connectivity index (χ1v) is 5.81. The molecule has 2 rings (SSSR count). The van der Waals surface area contributed by atoms with Crippen molar-refractivity contribution >= 4 is 11.6 Å². The van der Waals surface area contributed by atoms with Crippen molar-refractivity contribution < 1.29 is 4.74 Å². The summed E-state index contributed by atoms with van der Waals surface area (Å²) in [5.41, 5.74) is 2.31. The predicted octanol–water partition coefficient (Wildman–Crippen LogP) is 3.49. The van der Waals surface area contributed by atoms with Gasteiger partial charge in [-0.15, -0.1) is 0 Å². The first kappa shape index (κ1) is 12.4. The van der Waals surface area contributed by atoms with Crippen LogP contribution in [0.5, 0.6) is 5.88 Å². The summed E-state index contributed by atoms with van der Waals surface area (Å²) in [7, 11) is 0. The Hall–Kier alpha value is -2.05. The highest BCUT2D eigenvalue weighted by Gasteiger charge is 2.01. The molecule has 0 aliphatic carbocycles. The molecule has 18 heavy (non-hydrogen) atoms. The summed E-state index contributed by atoms with van der Waals surface area (Å²) in [4.78, 5) is 4.22. The first-order valence-electron chi connectivity index (χ1n) is 5.43. The Labute approximate surface area is 111 Å². The van der Waals surface area contributed by atoms with Crippen LogP contribution in [0.25, 0.3) is 0 Å². The maximum Gasteiger partial charge on any atom is 0.215 e. The smallest absolute Gasteiger partial charge is 0.215 e. The van der Waals surface area contributed by atoms with Crippen molar-refractivity contribution in [1.29, 1.82) is 5.26 Å². The minimum Gasteiger partial charge on any atom is -0.473 e. The average Bonchev–Trinajstić information content (AvgIpc) is 2.37. The maximum absolute atomic E-state index is 8.85. The second kappa shape index (κ2) is 5.52. The topological polar surface area (TPSA) is 45.9 Å². The minimum atomic E-state index is 0.401. The van der Waals surface area contributed by atoms with Gasteiger partial charge in [0.05, 0.1) is 11.6 Å². The number of benzene rings is 1. The molecule has 3 nitrogen and oxygen atoms in total. The van der Waals surface area contributed by atoms with Crippen molar-refractivity contribution in [3.8, 4) is 11.9 Å². The Balaban J connectivity index is 2.08. The Kier molecular flexibility index (Phi) is 3.81. The standard InChI is InChI=1S/C14H11ClN2O/c1-10-6-12(8-16)7-14(17-10)18-9-11-2-4-13(15)5-3-11/h2-7H,9H2,1H3. The first-order chi connectivity index (χ1) is 8.67. The molecule has 0 aliphatic heterocycles. The van der Waals surface area contributed by atoms with E-state index in [1.54, 1.807) is 12.1 Å². The predicted molar refractivity (Wildman–Crippen MR) is 69.5 cm³/mol. The average molecular weight is 259 g/mol. The van der Waals surface area contributed by atoms with E-state index in [-0.39, 0.29) is 0 Å². The summed E-state index contributed by atoms with van der Waals surface area (Å²) >= 11 is 5.80. The number of nitrogens with zero attached hydrogens (tertiary/aromatic N) is 2. The number of aromatic nitrogens is 1. The lowest BCUT2D eigenvalue weighted by molar-refractivity contribution is 0.293. The molecule has 0 amide bonds. The fourth-order valence-electron chi connectivity index (χ4n) is 1.51. The number of ether oxygens (including phenoxy) is 1. The van der Waals surface area contributed by atoms with Gasteiger partial charge in [-0.1, -0.05) is 23.7 Å². The molecule has 0 radical (unpaired) electrons. The summed E-state index contributed by atoms with van der Waals surface area (Å²) in [6.07, 6.45) is 0. The molecule has 0 atom stereocenters. The molecule has 0 aliphatic rings. The van der Waals surface area contributed by atoms with Crippen molar-refractivity contribution in [2.24, 2.45) is 0 Å². The van der Waals surface area contributed by atoms with E-state index in [0.29, 0.717) is 23.1 Å². The summed E-state index contributed by atoms with van der Waals surface area (Å²) in [6.45, 7) is 2.23. The fraction of sp³-hybridized carbons (Fsp3) is 0.143. The summed E-state index contributed by atoms with van der Waals surface area (Å²) < 4.78 is 5.55. The number of rotatable bonds is 3. The van der Waals surface area contributed by atoms with Gasteiger partial charge in [-0.3, -0.25) is 0 Å². The summed E-state index contributed by atoms with van der Waals surface area (Å²) in [5, 5.41) is 9.55. The molecular formula is C14H11ClN2O. The van der Waals surface area contributed by atoms with Crippen LogP contribution in [0.15, 0.2) is 36.4 Å². The number of aryl methyl sites for hydroxylation is 1. The number of halogens is 1. The van der Waals surface area contributed by atoms with Crippen molar-refractivity contribution in [3.05, 3.63) is 58.2 Å². The molecule has 0 N–H and O–H groups in total. The monoisotopic (exact) mass is 258 g/mol. The summed E-state index contributed by atoms with van der Waals surface area (Å²) in [6, 6.07) is 12.8. The van der Waals surface area contributed by atoms with Crippen LogP contribution in [-0.4, -0.2) is 4.98 Å². The highest BCUT2D eigenvalue weighted by molar-refractivity contribution is 6.30. The Bertz CT molecular complexity index is 588. The minimum absolute atomic E-state index is 0.401. The third-order valence-corrected chi connectivity index (χ3v) is 2.61. The van der Waals surface area contributed by atoms with E-state index in [2.05, 4.69) is 11.1 Å². The van der Waals surface area contributed by atoms with Gasteiger partial charge in [0.25, 0.3) is 0 Å². The van der Waals surface area contributed by atoms with Gasteiger partial charge in [0.1, 0.15) is 6.61 Å². The lowest BCUT2D eigenvalue weighted by atomic mass is 10.2. The SMILES string of the molecule is Cc1cc(C#N)cc(OCc2ccc(Cl)cc2)n1. The van der Waals surface area contributed by atoms with Crippen LogP contribution in [0, 0.1) is 18.3 Å². The highest BCUT2D eigenvalue weighted by Crippen LogP contribution is 2.15. The molecule has 0 unspecified atom stereocenters. The molecule has 0 saturated heterocycles. The van der Waals surface area contributed by atoms with Crippen LogP contribution in [0.3, 0.4) is 0 Å². The largest absolute Gasteiger partial charge is 0.473 e. The second-order valence-corrected chi connectivity index (χ2v) is 4.30. The fourth-order valence-corrected chi connectivity index (χ4v) is 1.64. The Morgan fingerprint density at radius 2 is 2.00 bits per heavy atom. The van der Waals surface area contributed by atoms with Crippen molar-refractivity contribution in [2.75, 3.05) is 0 Å². The van der Waals surface area contributed by atoms with Gasteiger partial charge in [-0.25, -0.2) is 4.98 Å². The van der Waals surface area contributed by atoms with Gasteiger partial charge in [-0.05, 0) is 30.7 Å². The normalized spacial score (nSPS) is 9.83. The van der Waals surface area contributed by atoms with Crippen molar-refractivity contribution in [3.63, 3.8) is 0 Å². The van der Waals surface area contributed by atoms with Crippen molar-refractivity contribution in [2.45, 2.75) is 13.5 Å². The van der Waals surface area contributed by atoms with Crippen LogP contribution in [0.1, 0.15) is 16.8 Å². The molecule has 1 aromatic heterocycles. The highest BCUT2D eigenvalue weighted by atomic mass is 35.5. The van der Waals surface area contributed by atoms with Crippen LogP contribution in [-0.2, 0) is 6.61 Å². The molecule has 2 aromatic rings. The molecule has 0 fully saturated rings. The van der Waals surface area contributed by atoms with E-state index in [0.717, 1.165) is 11.3 Å². The molecule has 0 spiro atoms. The van der Waals surface area contributed by atoms with Crippen LogP contribution >= 0.6 is 11.6 Å². The number of hydrogen-bond donors (Lipinski definition) is 0. The molecular weight excluding hydrogens is 248 g/mol. The lowest BCUT2D eigenvalue weighted by Crippen LogP contribution is -1.98. The van der Waals surface area contributed by atoms with Gasteiger partial charge in [0.2, 0.25) is 5.88 Å². The third kappa shape index (κ3) is 3.22. The lowest BCUT2D eigenvalue weighted by Gasteiger charge is -2.06. The van der Waals surface area contributed by atoms with Gasteiger partial charge in [0.15, 0.2) is 0 Å². The van der Waals surface area contributed by atoms with Gasteiger partial charge in [0, 0.05) is 16.8 Å². The zero-order chi connectivity index (χ0) is 13.0. The van der Waals surface area contributed by atoms with E-state index < -0.39 is 0 Å². The number of nitriles is 1. The van der Waals surface area contributed by atoms with Crippen LogP contribution < -0.4 is 4.74 Å². The molecule has 1 heterocycles. The zero-order valence-electron chi connectivity index (χ0n) is 9.85. The quantitative estimate of drug-likeness (QED) is 0.847. The van der Waals surface area contributed by atoms with Gasteiger partial charge < -0.3 is 4.74 Å². The Morgan fingerprint density at radius 3 is 2.67 bits per heavy atom.